The minimum atomic E-state index is 0.906. The van der Waals surface area contributed by atoms with E-state index in [1.54, 1.807) is 0 Å². The molecule has 8 aliphatic carbocycles. The second kappa shape index (κ2) is 27.7. The van der Waals surface area contributed by atoms with Crippen LogP contribution in [0.2, 0.25) is 0 Å². The van der Waals surface area contributed by atoms with E-state index in [0.29, 0.717) is 0 Å². The van der Waals surface area contributed by atoms with Crippen LogP contribution in [0.5, 0.6) is 0 Å². The normalized spacial score (nSPS) is 13.5. The second-order valence-corrected chi connectivity index (χ2v) is 38.9. The third kappa shape index (κ3) is 10.3. The van der Waals surface area contributed by atoms with Crippen molar-refractivity contribution in [3.05, 3.63) is 431 Å². The highest BCUT2D eigenvalue weighted by molar-refractivity contribution is 6.22. The van der Waals surface area contributed by atoms with E-state index in [9.17, 15) is 0 Å². The molecule has 0 atom stereocenters. The number of hydrogen-bond donors (Lipinski definition) is 0. The molecule has 28 aromatic rings. The van der Waals surface area contributed by atoms with E-state index >= 15 is 0 Å². The van der Waals surface area contributed by atoms with E-state index in [4.69, 9.17) is 19.9 Å². The molecule has 0 bridgehead atoms. The minimum absolute atomic E-state index is 0.906. The van der Waals surface area contributed by atoms with Crippen molar-refractivity contribution in [3.8, 4) is 89.0 Å². The fraction of sp³-hybridized carbons (Fsp3) is 0.0645. The first-order valence-electron chi connectivity index (χ1n) is 48.1. The van der Waals surface area contributed by atoms with E-state index in [2.05, 4.69) is 282 Å². The van der Waals surface area contributed by atoms with Crippen molar-refractivity contribution in [2.75, 3.05) is 0 Å². The molecule has 16 nitrogen and oxygen atoms in total. The molecule has 0 aliphatic heterocycles. The third-order valence-electron chi connectivity index (χ3n) is 32.0. The highest BCUT2D eigenvalue weighted by Gasteiger charge is 2.36. The van der Waals surface area contributed by atoms with Crippen molar-refractivity contribution in [1.82, 2.24) is 77.4 Å². The first kappa shape index (κ1) is 75.1. The van der Waals surface area contributed by atoms with Gasteiger partial charge in [-0.3, -0.25) is 57.5 Å². The van der Waals surface area contributed by atoms with Crippen molar-refractivity contribution in [2.24, 2.45) is 0 Å². The van der Waals surface area contributed by atoms with Gasteiger partial charge in [0.2, 0.25) is 0 Å². The standard InChI is InChI=1S/4C31H18N4/c1-2-4-21-17(3-1)9-18-12-24-19(11-23(18)21)10-20-13-27-26(14-25(20)24)22-5-7-33-16-30(22)35-29-6-8-32-15-28(29)34-31(27)35;1-2-4-20-17(3-1)11-18-12-19-13-26-21(25(19)14-24(18)20)5-6-23-22-7-9-33-16-29(22)35-28-8-10-32-15-27(28)34-31(35)30(23)26;1-2-4-20-17(3-1)11-18-5-6-21-23-14-24-22-7-9-33-16-29(22)35-28-8-10-32-15-27(28)34-31(35)26(24)13-19(23)12-25(21)30(18)20;1-2-4-20-17(3-1)13-18-5-6-19-14-24-23(29(19)28(18)20)8-7-22-21-9-11-33-16-27(21)35-26-10-12-32-15-25(26)34-31(35)30(22)24/h1-8,11-16H,9-10H2;1-10,12,14-16H,11,13H2;1-10,13-16H,11-12H2;1-12,15-16H,13-14H2. The number of imidazole rings is 4. The smallest absolute Gasteiger partial charge is 0.146 e. The Bertz CT molecular complexity index is 10700. The average molecular weight is 1790 g/mol. The Morgan fingerprint density at radius 1 is 0.164 bits per heavy atom. The Labute approximate surface area is 796 Å². The molecule has 648 valence electrons. The lowest BCUT2D eigenvalue weighted by atomic mass is 9.92. The van der Waals surface area contributed by atoms with Gasteiger partial charge >= 0.3 is 0 Å². The summed E-state index contributed by atoms with van der Waals surface area (Å²) in [6.45, 7) is 0. The van der Waals surface area contributed by atoms with Gasteiger partial charge in [0.25, 0.3) is 0 Å². The van der Waals surface area contributed by atoms with Crippen molar-refractivity contribution in [3.63, 3.8) is 0 Å². The van der Waals surface area contributed by atoms with Crippen LogP contribution in [0.4, 0.5) is 0 Å². The lowest BCUT2D eigenvalue weighted by Gasteiger charge is -2.13. The molecular formula is C124H72N16. The zero-order valence-corrected chi connectivity index (χ0v) is 75.1. The fourth-order valence-corrected chi connectivity index (χ4v) is 26.1. The monoisotopic (exact) mass is 1780 g/mol. The molecule has 0 N–H and O–H groups in total. The molecule has 0 fully saturated rings. The number of aromatic nitrogens is 16. The van der Waals surface area contributed by atoms with Crippen LogP contribution in [-0.2, 0) is 51.4 Å². The first-order valence-corrected chi connectivity index (χ1v) is 48.1. The molecule has 140 heavy (non-hydrogen) atoms. The molecule has 16 aromatic heterocycles. The third-order valence-corrected chi connectivity index (χ3v) is 32.0. The van der Waals surface area contributed by atoms with E-state index in [0.717, 1.165) is 140 Å². The van der Waals surface area contributed by atoms with Crippen LogP contribution in [0.15, 0.2) is 342 Å². The number of pyridine rings is 12. The molecule has 12 aromatic carbocycles. The van der Waals surface area contributed by atoms with Crippen LogP contribution >= 0.6 is 0 Å². The highest BCUT2D eigenvalue weighted by Crippen LogP contribution is 2.56. The maximum Gasteiger partial charge on any atom is 0.146 e. The number of hydrogen-bond acceptors (Lipinski definition) is 12. The quantitative estimate of drug-likeness (QED) is 0.132. The van der Waals surface area contributed by atoms with Gasteiger partial charge in [-0.1, -0.05) is 152 Å². The first-order chi connectivity index (χ1) is 69.4. The summed E-state index contributed by atoms with van der Waals surface area (Å²) in [6, 6.07) is 90.0. The van der Waals surface area contributed by atoms with Crippen LogP contribution < -0.4 is 0 Å². The van der Waals surface area contributed by atoms with Gasteiger partial charge in [-0.25, -0.2) is 19.9 Å². The number of fused-ring (bicyclic) bond motifs is 60. The summed E-state index contributed by atoms with van der Waals surface area (Å²) in [7, 11) is 0. The van der Waals surface area contributed by atoms with Gasteiger partial charge < -0.3 is 0 Å². The Hall–Kier alpha value is -18.3. The second-order valence-electron chi connectivity index (χ2n) is 38.9. The number of nitrogens with zero attached hydrogens (tertiary/aromatic N) is 16. The molecule has 36 rings (SSSR count). The maximum absolute atomic E-state index is 5.11. The molecule has 0 amide bonds. The van der Waals surface area contributed by atoms with Gasteiger partial charge in [0, 0.05) is 92.7 Å². The lowest BCUT2D eigenvalue weighted by Crippen LogP contribution is -1.95. The maximum atomic E-state index is 5.11. The molecule has 0 spiro atoms. The van der Waals surface area contributed by atoms with Gasteiger partial charge in [0.15, 0.2) is 0 Å². The lowest BCUT2D eigenvalue weighted by molar-refractivity contribution is 1.22. The van der Waals surface area contributed by atoms with E-state index in [1.807, 2.05) is 117 Å². The topological polar surface area (TPSA) is 172 Å². The van der Waals surface area contributed by atoms with Gasteiger partial charge in [0.1, 0.15) is 44.7 Å². The molecular weight excluding hydrogens is 1710 g/mol. The minimum Gasteiger partial charge on any atom is -0.290 e. The number of benzene rings is 12. The van der Waals surface area contributed by atoms with E-state index < -0.39 is 0 Å². The van der Waals surface area contributed by atoms with Crippen LogP contribution in [0.1, 0.15) is 89.0 Å². The van der Waals surface area contributed by atoms with Crippen molar-refractivity contribution < 1.29 is 0 Å². The largest absolute Gasteiger partial charge is 0.290 e. The zero-order valence-electron chi connectivity index (χ0n) is 75.1. The zero-order chi connectivity index (χ0) is 90.7. The Morgan fingerprint density at radius 2 is 0.471 bits per heavy atom. The van der Waals surface area contributed by atoms with Crippen LogP contribution in [-0.4, -0.2) is 77.4 Å². The predicted molar refractivity (Wildman–Crippen MR) is 559 cm³/mol. The van der Waals surface area contributed by atoms with Crippen LogP contribution in [0.3, 0.4) is 0 Å². The van der Waals surface area contributed by atoms with Crippen molar-refractivity contribution >= 4 is 153 Å². The van der Waals surface area contributed by atoms with Crippen LogP contribution in [0.25, 0.3) is 242 Å². The van der Waals surface area contributed by atoms with Crippen molar-refractivity contribution in [1.29, 1.82) is 0 Å². The molecule has 0 unspecified atom stereocenters. The summed E-state index contributed by atoms with van der Waals surface area (Å²) in [5.41, 5.74) is 61.0. The van der Waals surface area contributed by atoms with Gasteiger partial charge in [0.05, 0.1) is 93.7 Å². The Morgan fingerprint density at radius 3 is 0.993 bits per heavy atom. The summed E-state index contributed by atoms with van der Waals surface area (Å²) in [6.07, 6.45) is 38.0. The molecule has 0 saturated carbocycles. The molecule has 8 aliphatic rings. The molecule has 0 radical (unpaired) electrons. The predicted octanol–water partition coefficient (Wildman–Crippen LogP) is 26.9. The van der Waals surface area contributed by atoms with E-state index in [-0.39, 0.29) is 0 Å². The summed E-state index contributed by atoms with van der Waals surface area (Å²) >= 11 is 0. The Kier molecular flexibility index (Phi) is 14.9. The summed E-state index contributed by atoms with van der Waals surface area (Å²) in [4.78, 5) is 55.4. The highest BCUT2D eigenvalue weighted by atomic mass is 15.1. The Balaban J connectivity index is 0.0000000829. The molecule has 0 saturated heterocycles. The number of rotatable bonds is 0. The van der Waals surface area contributed by atoms with Crippen LogP contribution in [0, 0.1) is 0 Å². The molecule has 16 heteroatoms. The van der Waals surface area contributed by atoms with E-state index in [1.165, 1.54) is 243 Å². The van der Waals surface area contributed by atoms with Gasteiger partial charge in [-0.2, -0.15) is 0 Å². The van der Waals surface area contributed by atoms with Gasteiger partial charge in [-0.15, -0.1) is 0 Å². The SMILES string of the molecule is c1ccc2c(c1)Cc1cc3c(cc1-2)-c1ccc2c4ccncc4n4c5ccncc5nc4c2c1C3.c1ccc2c(c1)Cc1cc3c(cc1-2)Cc1cc2c(cc1-3)c1ccncc1n1c3ccncc3nc21.c1ccc2c(c1)Cc1ccc3c(c1-2)-c1ccc2c4ccncc4n4c5ccncc5nc4c2c1C3.c1ccc2c(c1)Cc1ccc3c(c1-2)Cc1cc2c(cc1-3)c1ccncc1n1c3ccncc3nc21. The van der Waals surface area contributed by atoms with Gasteiger partial charge in [-0.05, 0) is 342 Å². The fourth-order valence-electron chi connectivity index (χ4n) is 26.1. The summed E-state index contributed by atoms with van der Waals surface area (Å²) in [5.74, 6) is 0. The van der Waals surface area contributed by atoms with Crippen molar-refractivity contribution in [2.45, 2.75) is 51.4 Å². The summed E-state index contributed by atoms with van der Waals surface area (Å²) < 4.78 is 9.01. The average Bonchev–Trinajstić information content (AvgIpc) is 1.55. The summed E-state index contributed by atoms with van der Waals surface area (Å²) in [5, 5.41) is 14.6. The molecule has 16 heterocycles.